The van der Waals surface area contributed by atoms with Crippen molar-refractivity contribution in [1.82, 2.24) is 10.2 Å². The lowest BCUT2D eigenvalue weighted by atomic mass is 9.94. The van der Waals surface area contributed by atoms with Crippen molar-refractivity contribution in [1.29, 1.82) is 0 Å². The van der Waals surface area contributed by atoms with E-state index in [1.165, 1.54) is 22.6 Å². The summed E-state index contributed by atoms with van der Waals surface area (Å²) in [5, 5.41) is 3.60. The highest BCUT2D eigenvalue weighted by Gasteiger charge is 2.52. The Kier molecular flexibility index (Phi) is 3.65. The first-order valence-electron chi connectivity index (χ1n) is 7.98. The first-order valence-corrected chi connectivity index (χ1v) is 8.79. The van der Waals surface area contributed by atoms with Crippen LogP contribution in [0.15, 0.2) is 12.1 Å². The second kappa shape index (κ2) is 5.10. The lowest BCUT2D eigenvalue weighted by molar-refractivity contribution is -0.136. The Balaban J connectivity index is 1.97. The third-order valence-electron chi connectivity index (χ3n) is 4.99. The van der Waals surface area contributed by atoms with E-state index < -0.39 is 0 Å². The largest absolute Gasteiger partial charge is 0.315 e. The van der Waals surface area contributed by atoms with E-state index in [1.807, 2.05) is 0 Å². The summed E-state index contributed by atoms with van der Waals surface area (Å²) in [4.78, 5) is 17.7. The maximum atomic E-state index is 13.0. The fraction of sp³-hybridized carbons (Fsp3) is 0.706. The second-order valence-corrected chi connectivity index (χ2v) is 8.69. The normalized spacial score (nSPS) is 27.0. The third-order valence-corrected chi connectivity index (χ3v) is 6.05. The van der Waals surface area contributed by atoms with Gasteiger partial charge in [0.25, 0.3) is 0 Å². The number of nitrogens with zero attached hydrogens (tertiary/aromatic N) is 1. The van der Waals surface area contributed by atoms with Gasteiger partial charge in [0.2, 0.25) is 5.91 Å². The molecular formula is C17H26N2OS. The molecule has 0 aromatic carbocycles. The Morgan fingerprint density at radius 3 is 2.48 bits per heavy atom. The molecule has 2 fully saturated rings. The average Bonchev–Trinajstić information content (AvgIpc) is 3.08. The van der Waals surface area contributed by atoms with Crippen LogP contribution in [0.4, 0.5) is 0 Å². The van der Waals surface area contributed by atoms with E-state index >= 15 is 0 Å². The van der Waals surface area contributed by atoms with Crippen molar-refractivity contribution in [2.75, 3.05) is 0 Å². The minimum atomic E-state index is -0.0598. The zero-order valence-corrected chi connectivity index (χ0v) is 14.5. The van der Waals surface area contributed by atoms with Crippen LogP contribution in [-0.2, 0) is 4.79 Å². The van der Waals surface area contributed by atoms with Crippen molar-refractivity contribution >= 4 is 17.2 Å². The zero-order chi connectivity index (χ0) is 15.4. The van der Waals surface area contributed by atoms with E-state index in [9.17, 15) is 4.79 Å². The summed E-state index contributed by atoms with van der Waals surface area (Å²) < 4.78 is 0. The molecule has 1 aliphatic heterocycles. The minimum absolute atomic E-state index is 0.0409. The summed E-state index contributed by atoms with van der Waals surface area (Å²) in [5.74, 6) is 1.25. The number of aryl methyl sites for hydroxylation is 1. The zero-order valence-electron chi connectivity index (χ0n) is 13.6. The van der Waals surface area contributed by atoms with Crippen LogP contribution in [0.25, 0.3) is 0 Å². The molecule has 21 heavy (non-hydrogen) atoms. The van der Waals surface area contributed by atoms with Gasteiger partial charge in [-0.2, -0.15) is 0 Å². The summed E-state index contributed by atoms with van der Waals surface area (Å²) in [6.45, 7) is 10.8. The number of amides is 1. The molecule has 0 bridgehead atoms. The van der Waals surface area contributed by atoms with Crippen molar-refractivity contribution in [3.63, 3.8) is 0 Å². The van der Waals surface area contributed by atoms with Crippen LogP contribution in [0.2, 0.25) is 0 Å². The van der Waals surface area contributed by atoms with Gasteiger partial charge in [0.1, 0.15) is 6.17 Å². The highest BCUT2D eigenvalue weighted by Crippen LogP contribution is 2.47. The molecule has 1 aromatic heterocycles. The van der Waals surface area contributed by atoms with E-state index in [-0.39, 0.29) is 23.7 Å². The van der Waals surface area contributed by atoms with E-state index in [0.29, 0.717) is 11.8 Å². The molecule has 3 rings (SSSR count). The molecule has 1 aromatic rings. The Morgan fingerprint density at radius 1 is 1.33 bits per heavy atom. The van der Waals surface area contributed by atoms with Crippen LogP contribution in [0, 0.1) is 18.8 Å². The van der Waals surface area contributed by atoms with Gasteiger partial charge in [0.05, 0.1) is 6.04 Å². The van der Waals surface area contributed by atoms with E-state index in [0.717, 1.165) is 0 Å². The molecule has 0 spiro atoms. The maximum Gasteiger partial charge on any atom is 0.242 e. The van der Waals surface area contributed by atoms with Crippen LogP contribution < -0.4 is 5.32 Å². The lowest BCUT2D eigenvalue weighted by Gasteiger charge is -2.39. The highest BCUT2D eigenvalue weighted by molar-refractivity contribution is 7.12. The molecule has 2 aliphatic rings. The Labute approximate surface area is 131 Å². The molecule has 3 nitrogen and oxygen atoms in total. The first-order chi connectivity index (χ1) is 9.82. The van der Waals surface area contributed by atoms with Gasteiger partial charge in [0.15, 0.2) is 0 Å². The van der Waals surface area contributed by atoms with Crippen molar-refractivity contribution in [3.05, 3.63) is 21.9 Å². The second-order valence-electron chi connectivity index (χ2n) is 7.38. The van der Waals surface area contributed by atoms with Crippen molar-refractivity contribution in [2.45, 2.75) is 65.2 Å². The number of carbonyl (C=O) groups is 1. The quantitative estimate of drug-likeness (QED) is 0.920. The van der Waals surface area contributed by atoms with Gasteiger partial charge in [-0.15, -0.1) is 11.3 Å². The monoisotopic (exact) mass is 306 g/mol. The number of hydrogen-bond donors (Lipinski definition) is 1. The van der Waals surface area contributed by atoms with Gasteiger partial charge in [-0.1, -0.05) is 13.8 Å². The molecule has 2 heterocycles. The summed E-state index contributed by atoms with van der Waals surface area (Å²) in [5.41, 5.74) is -0.0592. The number of hydrogen-bond acceptors (Lipinski definition) is 3. The van der Waals surface area contributed by atoms with Gasteiger partial charge >= 0.3 is 0 Å². The Hall–Kier alpha value is -0.870. The Bertz CT molecular complexity index is 545. The fourth-order valence-electron chi connectivity index (χ4n) is 3.48. The molecule has 2 unspecified atom stereocenters. The summed E-state index contributed by atoms with van der Waals surface area (Å²) in [6.07, 6.45) is 2.54. The lowest BCUT2D eigenvalue weighted by Crippen LogP contribution is -2.49. The van der Waals surface area contributed by atoms with E-state index in [1.54, 1.807) is 11.3 Å². The summed E-state index contributed by atoms with van der Waals surface area (Å²) in [7, 11) is 0. The molecule has 2 atom stereocenters. The molecular weight excluding hydrogens is 280 g/mol. The minimum Gasteiger partial charge on any atom is -0.315 e. The highest BCUT2D eigenvalue weighted by atomic mass is 32.1. The third kappa shape index (κ3) is 2.53. The topological polar surface area (TPSA) is 32.3 Å². The Morgan fingerprint density at radius 2 is 2.00 bits per heavy atom. The first kappa shape index (κ1) is 15.0. The predicted octanol–water partition coefficient (Wildman–Crippen LogP) is 3.70. The van der Waals surface area contributed by atoms with Gasteiger partial charge in [0, 0.05) is 15.3 Å². The van der Waals surface area contributed by atoms with E-state index in [2.05, 4.69) is 57.0 Å². The number of thiophene rings is 1. The molecule has 1 saturated heterocycles. The molecule has 116 valence electrons. The van der Waals surface area contributed by atoms with Gasteiger partial charge in [-0.05, 0) is 57.6 Å². The predicted molar refractivity (Wildman–Crippen MR) is 87.2 cm³/mol. The molecule has 1 amide bonds. The number of rotatable bonds is 4. The fourth-order valence-corrected chi connectivity index (χ4v) is 4.41. The molecule has 0 radical (unpaired) electrons. The number of carbonyl (C=O) groups excluding carboxylic acids is 1. The molecule has 1 N–H and O–H groups in total. The molecule has 1 saturated carbocycles. The summed E-state index contributed by atoms with van der Waals surface area (Å²) >= 11 is 1.80. The molecule has 4 heteroatoms. The van der Waals surface area contributed by atoms with Crippen molar-refractivity contribution < 1.29 is 4.79 Å². The number of nitrogens with one attached hydrogen (secondary N) is 1. The maximum absolute atomic E-state index is 13.0. The van der Waals surface area contributed by atoms with Crippen LogP contribution in [0.1, 0.15) is 56.5 Å². The van der Waals surface area contributed by atoms with Crippen LogP contribution in [0.5, 0.6) is 0 Å². The van der Waals surface area contributed by atoms with Gasteiger partial charge in [-0.25, -0.2) is 0 Å². The SMILES string of the molecule is Cc1ccc(C2NC(C(C)C)C(=O)N2C(C)(C)C2CC2)s1. The van der Waals surface area contributed by atoms with Gasteiger partial charge < -0.3 is 4.90 Å². The van der Waals surface area contributed by atoms with Crippen molar-refractivity contribution in [2.24, 2.45) is 11.8 Å². The van der Waals surface area contributed by atoms with Crippen LogP contribution in [-0.4, -0.2) is 22.4 Å². The van der Waals surface area contributed by atoms with Crippen LogP contribution >= 0.6 is 11.3 Å². The standard InChI is InChI=1S/C17H26N2OS/c1-10(2)14-16(20)19(17(4,5)12-7-8-12)15(18-14)13-9-6-11(3)21-13/h6,9-10,12,14-15,18H,7-8H2,1-5H3. The van der Waals surface area contributed by atoms with Crippen LogP contribution in [0.3, 0.4) is 0 Å². The summed E-state index contributed by atoms with van der Waals surface area (Å²) in [6, 6.07) is 4.26. The van der Waals surface area contributed by atoms with Crippen molar-refractivity contribution in [3.8, 4) is 0 Å². The molecule has 1 aliphatic carbocycles. The van der Waals surface area contributed by atoms with Gasteiger partial charge in [-0.3, -0.25) is 10.1 Å². The van der Waals surface area contributed by atoms with E-state index in [4.69, 9.17) is 0 Å². The average molecular weight is 306 g/mol. The smallest absolute Gasteiger partial charge is 0.242 e.